The third-order valence-electron chi connectivity index (χ3n) is 10.6. The average Bonchev–Trinajstić information content (AvgIpc) is 3.36. The van der Waals surface area contributed by atoms with E-state index in [1.54, 1.807) is 12.2 Å². The molecule has 0 bridgehead atoms. The highest BCUT2D eigenvalue weighted by atomic mass is 31.2. The minimum Gasteiger partial charge on any atom is -0.463 e. The van der Waals surface area contributed by atoms with Crippen LogP contribution in [0.2, 0.25) is 0 Å². The van der Waals surface area contributed by atoms with Crippen molar-refractivity contribution in [3.05, 3.63) is 97.2 Å². The second-order valence-corrected chi connectivity index (χ2v) is 20.4. The summed E-state index contributed by atoms with van der Waals surface area (Å²) in [5.41, 5.74) is 0. The summed E-state index contributed by atoms with van der Waals surface area (Å²) in [5, 5.41) is 30.1. The van der Waals surface area contributed by atoms with Gasteiger partial charge in [0.2, 0.25) is 0 Å². The van der Waals surface area contributed by atoms with Crippen molar-refractivity contribution < 1.29 is 71.4 Å². The maximum absolute atomic E-state index is 12.2. The van der Waals surface area contributed by atoms with Crippen molar-refractivity contribution >= 4 is 27.6 Å². The number of rotatable bonds is 50. The Bertz CT molecular complexity index is 1650. The monoisotopic (exact) mass is 1060 g/mol. The second kappa shape index (κ2) is 50.1. The van der Waals surface area contributed by atoms with Crippen molar-refractivity contribution in [2.45, 2.75) is 199 Å². The first-order valence-electron chi connectivity index (χ1n) is 26.6. The first-order chi connectivity index (χ1) is 34.8. The van der Waals surface area contributed by atoms with E-state index in [9.17, 15) is 43.8 Å². The summed E-state index contributed by atoms with van der Waals surface area (Å²) in [6.07, 6.45) is 55.6. The molecule has 0 spiro atoms. The van der Waals surface area contributed by atoms with Gasteiger partial charge in [0.15, 0.2) is 0 Å². The lowest BCUT2D eigenvalue weighted by Crippen LogP contribution is -2.25. The molecule has 15 nitrogen and oxygen atoms in total. The van der Waals surface area contributed by atoms with E-state index in [-0.39, 0.29) is 12.8 Å². The number of carbonyl (C=O) groups excluding carboxylic acids is 2. The largest absolute Gasteiger partial charge is 0.472 e. The Kier molecular flexibility index (Phi) is 48.0. The lowest BCUT2D eigenvalue weighted by atomic mass is 10.1. The zero-order valence-electron chi connectivity index (χ0n) is 43.8. The molecule has 72 heavy (non-hydrogen) atoms. The van der Waals surface area contributed by atoms with E-state index in [1.807, 2.05) is 12.2 Å². The fraction of sp³-hybridized carbons (Fsp3) is 0.673. The zero-order chi connectivity index (χ0) is 53.1. The van der Waals surface area contributed by atoms with Crippen LogP contribution in [0.4, 0.5) is 0 Å². The van der Waals surface area contributed by atoms with E-state index >= 15 is 0 Å². The summed E-state index contributed by atoms with van der Waals surface area (Å²) in [5.74, 6) is -1.13. The Labute approximate surface area is 433 Å². The van der Waals surface area contributed by atoms with E-state index < -0.39 is 85.5 Å². The van der Waals surface area contributed by atoms with E-state index in [0.29, 0.717) is 12.8 Å². The fourth-order valence-corrected chi connectivity index (χ4v) is 8.06. The number of unbranched alkanes of at least 4 members (excludes halogenated alkanes) is 15. The summed E-state index contributed by atoms with van der Waals surface area (Å²) < 4.78 is 53.0. The lowest BCUT2D eigenvalue weighted by molar-refractivity contribution is -0.147. The maximum Gasteiger partial charge on any atom is 0.472 e. The summed E-state index contributed by atoms with van der Waals surface area (Å²) in [6, 6.07) is 0. The molecule has 0 fully saturated rings. The van der Waals surface area contributed by atoms with Crippen molar-refractivity contribution in [1.29, 1.82) is 0 Å². The summed E-state index contributed by atoms with van der Waals surface area (Å²) in [6.45, 7) is 0.183. The van der Waals surface area contributed by atoms with Crippen LogP contribution in [-0.4, -0.2) is 95.0 Å². The number of ether oxygens (including phenoxy) is 2. The number of aliphatic hydroxyl groups is 3. The molecule has 0 heterocycles. The van der Waals surface area contributed by atoms with Gasteiger partial charge in [0.05, 0.1) is 32.8 Å². The Morgan fingerprint density at radius 2 is 0.694 bits per heavy atom. The average molecular weight is 1060 g/mol. The molecule has 0 amide bonds. The molecular formula is C55H94O15P2. The third-order valence-corrected chi connectivity index (χ3v) is 12.5. The number of hydrogen-bond donors (Lipinski definition) is 5. The van der Waals surface area contributed by atoms with Crippen LogP contribution >= 0.6 is 15.6 Å². The van der Waals surface area contributed by atoms with Gasteiger partial charge in [-0.2, -0.15) is 0 Å². The predicted octanol–water partition coefficient (Wildman–Crippen LogP) is 13.1. The molecule has 0 aromatic rings. The number of hydrogen-bond acceptors (Lipinski definition) is 13. The van der Waals surface area contributed by atoms with Crippen LogP contribution in [0, 0.1) is 0 Å². The molecule has 0 aromatic heterocycles. The van der Waals surface area contributed by atoms with Crippen LogP contribution in [0.1, 0.15) is 181 Å². The first kappa shape index (κ1) is 69.0. The van der Waals surface area contributed by atoms with Gasteiger partial charge in [0.25, 0.3) is 0 Å². The molecule has 0 aromatic carbocycles. The molecular weight excluding hydrogens is 963 g/mol. The van der Waals surface area contributed by atoms with Gasteiger partial charge >= 0.3 is 27.6 Å². The van der Waals surface area contributed by atoms with Gasteiger partial charge in [-0.25, -0.2) is 9.13 Å². The van der Waals surface area contributed by atoms with Gasteiger partial charge in [-0.1, -0.05) is 188 Å². The summed E-state index contributed by atoms with van der Waals surface area (Å²) in [4.78, 5) is 43.8. The molecule has 0 aliphatic heterocycles. The molecule has 0 aliphatic rings. The van der Waals surface area contributed by atoms with Crippen LogP contribution in [-0.2, 0) is 46.3 Å². The predicted molar refractivity (Wildman–Crippen MR) is 288 cm³/mol. The molecule has 5 unspecified atom stereocenters. The zero-order valence-corrected chi connectivity index (χ0v) is 45.6. The van der Waals surface area contributed by atoms with Gasteiger partial charge in [-0.05, 0) is 77.0 Å². The van der Waals surface area contributed by atoms with Crippen LogP contribution in [0.25, 0.3) is 0 Å². The minimum absolute atomic E-state index is 0.0433. The Hall–Kier alpha value is -3.04. The van der Waals surface area contributed by atoms with Gasteiger partial charge in [-0.15, -0.1) is 0 Å². The molecule has 0 rings (SSSR count). The Balaban J connectivity index is 3.95. The molecule has 5 atom stereocenters. The first-order valence-corrected chi connectivity index (χ1v) is 29.6. The third kappa shape index (κ3) is 51.8. The minimum atomic E-state index is -4.82. The number of phosphoric acid groups is 2. The quantitative estimate of drug-likeness (QED) is 0.0165. The van der Waals surface area contributed by atoms with Gasteiger partial charge < -0.3 is 34.6 Å². The SMILES string of the molecule is CC/C=C\C/C=C\C/C=C\C/C=C\C/C=C\C/C=C\C/C=C\CC(=O)OCC(O)COP(=O)(O)OCC(O)COP(=O)(O)OCC(O)COC(=O)CCCCCCCCCCC/C=C/CCCCCCCC. The standard InChI is InChI=1S/C55H94O15P2/c1-3-5-7-9-11-13-15-17-19-21-23-24-26-28-30-32-34-36-38-40-42-44-55(60)66-46-52(57)48-68-72(63,64)70-50-53(58)49-69-71(61,62)67-47-51(56)45-65-54(59)43-41-39-37-35-33-31-29-27-25-22-20-18-16-14-12-10-8-6-4-2/h5,7,11,13,17-20,23-24,28,30,34,36,40,42,51-53,56-58H,3-4,6,8-10,12,14-16,21-22,25-27,29,31-33,35,37-39,41,43-50H2,1-2H3,(H,61,62)(H,63,64)/b7-5-,13-11-,19-17-,20-18+,24-23-,30-28-,36-34-,42-40-. The highest BCUT2D eigenvalue weighted by Gasteiger charge is 2.28. The molecule has 5 N–H and O–H groups in total. The summed E-state index contributed by atoms with van der Waals surface area (Å²) in [7, 11) is -9.62. The number of allylic oxidation sites excluding steroid dienone is 15. The molecule has 17 heteroatoms. The van der Waals surface area contributed by atoms with Crippen LogP contribution in [0.15, 0.2) is 97.2 Å². The van der Waals surface area contributed by atoms with E-state index in [4.69, 9.17) is 14.0 Å². The Morgan fingerprint density at radius 1 is 0.389 bits per heavy atom. The van der Waals surface area contributed by atoms with Crippen LogP contribution in [0.5, 0.6) is 0 Å². The maximum atomic E-state index is 12.2. The smallest absolute Gasteiger partial charge is 0.463 e. The van der Waals surface area contributed by atoms with Crippen molar-refractivity contribution in [3.63, 3.8) is 0 Å². The van der Waals surface area contributed by atoms with E-state index in [1.165, 1.54) is 83.5 Å². The van der Waals surface area contributed by atoms with Crippen molar-refractivity contribution in [2.24, 2.45) is 0 Å². The van der Waals surface area contributed by atoms with E-state index in [2.05, 4.69) is 100 Å². The van der Waals surface area contributed by atoms with E-state index in [0.717, 1.165) is 57.8 Å². The number of carbonyl (C=O) groups is 2. The van der Waals surface area contributed by atoms with Crippen LogP contribution in [0.3, 0.4) is 0 Å². The van der Waals surface area contributed by atoms with Crippen molar-refractivity contribution in [2.75, 3.05) is 39.6 Å². The van der Waals surface area contributed by atoms with Crippen molar-refractivity contribution in [1.82, 2.24) is 0 Å². The summed E-state index contributed by atoms with van der Waals surface area (Å²) >= 11 is 0. The van der Waals surface area contributed by atoms with Gasteiger partial charge in [0, 0.05) is 6.42 Å². The topological polar surface area (TPSA) is 225 Å². The molecule has 0 saturated heterocycles. The van der Waals surface area contributed by atoms with Gasteiger partial charge in [0.1, 0.15) is 31.5 Å². The molecule has 414 valence electrons. The van der Waals surface area contributed by atoms with Crippen LogP contribution < -0.4 is 0 Å². The molecule has 0 saturated carbocycles. The lowest BCUT2D eigenvalue weighted by Gasteiger charge is -2.19. The molecule has 0 radical (unpaired) electrons. The number of esters is 2. The Morgan fingerprint density at radius 3 is 1.07 bits per heavy atom. The number of phosphoric ester groups is 2. The second-order valence-electron chi connectivity index (χ2n) is 17.5. The fourth-order valence-electron chi connectivity index (χ4n) is 6.47. The highest BCUT2D eigenvalue weighted by molar-refractivity contribution is 7.47. The van der Waals surface area contributed by atoms with Crippen molar-refractivity contribution in [3.8, 4) is 0 Å². The highest BCUT2D eigenvalue weighted by Crippen LogP contribution is 2.45. The number of aliphatic hydroxyl groups excluding tert-OH is 3. The van der Waals surface area contributed by atoms with Gasteiger partial charge in [-0.3, -0.25) is 27.7 Å². The normalized spacial score (nSPS) is 15.6. The molecule has 0 aliphatic carbocycles.